The van der Waals surface area contributed by atoms with Crippen LogP contribution in [-0.2, 0) is 26.1 Å². The molecule has 33 heavy (non-hydrogen) atoms. The summed E-state index contributed by atoms with van der Waals surface area (Å²) in [7, 11) is -3.56. The molecule has 1 amide bonds. The Morgan fingerprint density at radius 2 is 1.70 bits per heavy atom. The number of morpholine rings is 1. The maximum Gasteiger partial charge on any atom is 0.243 e. The van der Waals surface area contributed by atoms with E-state index in [9.17, 15) is 13.2 Å². The molecule has 178 valence electrons. The third kappa shape index (κ3) is 5.88. The second-order valence-corrected chi connectivity index (χ2v) is 11.1. The average molecular weight is 512 g/mol. The third-order valence-electron chi connectivity index (χ3n) is 6.05. The summed E-state index contributed by atoms with van der Waals surface area (Å²) >= 11 is 12.6. The van der Waals surface area contributed by atoms with Crippen LogP contribution in [0.25, 0.3) is 0 Å². The second kappa shape index (κ2) is 10.7. The van der Waals surface area contributed by atoms with Crippen molar-refractivity contribution in [3.05, 3.63) is 58.1 Å². The molecule has 2 aromatic carbocycles. The van der Waals surface area contributed by atoms with Gasteiger partial charge in [-0.15, -0.1) is 0 Å². The number of benzene rings is 2. The van der Waals surface area contributed by atoms with Gasteiger partial charge < -0.3 is 10.1 Å². The third-order valence-corrected chi connectivity index (χ3v) is 8.67. The van der Waals surface area contributed by atoms with Crippen LogP contribution in [-0.4, -0.2) is 62.9 Å². The van der Waals surface area contributed by atoms with Gasteiger partial charge in [-0.25, -0.2) is 8.42 Å². The minimum atomic E-state index is -3.56. The number of amides is 1. The molecule has 2 aromatic rings. The molecule has 0 spiro atoms. The highest BCUT2D eigenvalue weighted by atomic mass is 35.5. The molecule has 0 radical (unpaired) electrons. The van der Waals surface area contributed by atoms with Gasteiger partial charge in [0.1, 0.15) is 0 Å². The number of hydrogen-bond donors (Lipinski definition) is 1. The standard InChI is InChI=1S/C23H27Cl2N3O4S/c24-21-4-1-5-22(25)20(21)16-27-10-2-3-17(15-27)23(29)26-18-6-8-19(9-7-18)33(30,31)28-11-13-32-14-12-28/h1,4-9,17H,2-3,10-16H2,(H,26,29). The number of carbonyl (C=O) groups excluding carboxylic acids is 1. The van der Waals surface area contributed by atoms with Gasteiger partial charge in [-0.2, -0.15) is 4.31 Å². The van der Waals surface area contributed by atoms with Crippen molar-refractivity contribution in [2.45, 2.75) is 24.3 Å². The first kappa shape index (κ1) is 24.4. The van der Waals surface area contributed by atoms with Crippen LogP contribution in [0.2, 0.25) is 10.0 Å². The van der Waals surface area contributed by atoms with E-state index in [0.29, 0.717) is 55.1 Å². The van der Waals surface area contributed by atoms with E-state index < -0.39 is 10.0 Å². The number of nitrogens with zero attached hydrogens (tertiary/aromatic N) is 2. The number of piperidine rings is 1. The Balaban J connectivity index is 1.36. The van der Waals surface area contributed by atoms with E-state index in [4.69, 9.17) is 27.9 Å². The summed E-state index contributed by atoms with van der Waals surface area (Å²) in [5.74, 6) is -0.245. The van der Waals surface area contributed by atoms with Crippen molar-refractivity contribution in [3.8, 4) is 0 Å². The molecule has 0 saturated carbocycles. The molecule has 2 heterocycles. The topological polar surface area (TPSA) is 79.0 Å². The maximum absolute atomic E-state index is 12.9. The van der Waals surface area contributed by atoms with Gasteiger partial charge in [-0.3, -0.25) is 9.69 Å². The van der Waals surface area contributed by atoms with Crippen LogP contribution < -0.4 is 5.32 Å². The van der Waals surface area contributed by atoms with Crippen LogP contribution >= 0.6 is 23.2 Å². The minimum Gasteiger partial charge on any atom is -0.379 e. The molecule has 10 heteroatoms. The predicted molar refractivity (Wildman–Crippen MR) is 129 cm³/mol. The van der Waals surface area contributed by atoms with Gasteiger partial charge in [0.15, 0.2) is 0 Å². The van der Waals surface area contributed by atoms with Crippen molar-refractivity contribution in [2.24, 2.45) is 5.92 Å². The molecule has 7 nitrogen and oxygen atoms in total. The van der Waals surface area contributed by atoms with Crippen molar-refractivity contribution in [1.82, 2.24) is 9.21 Å². The van der Waals surface area contributed by atoms with E-state index in [0.717, 1.165) is 24.9 Å². The van der Waals surface area contributed by atoms with Crippen LogP contribution in [0.3, 0.4) is 0 Å². The molecule has 1 unspecified atom stereocenters. The lowest BCUT2D eigenvalue weighted by molar-refractivity contribution is -0.121. The largest absolute Gasteiger partial charge is 0.379 e. The van der Waals surface area contributed by atoms with E-state index in [1.165, 1.54) is 16.4 Å². The Hall–Kier alpha value is -1.68. The van der Waals surface area contributed by atoms with Crippen molar-refractivity contribution in [2.75, 3.05) is 44.7 Å². The number of hydrogen-bond acceptors (Lipinski definition) is 5. The van der Waals surface area contributed by atoms with E-state index in [2.05, 4.69) is 10.2 Å². The van der Waals surface area contributed by atoms with Gasteiger partial charge in [0.25, 0.3) is 0 Å². The summed E-state index contributed by atoms with van der Waals surface area (Å²) in [6, 6.07) is 11.8. The molecule has 2 saturated heterocycles. The first-order chi connectivity index (χ1) is 15.8. The van der Waals surface area contributed by atoms with Gasteiger partial charge in [0, 0.05) is 47.5 Å². The number of ether oxygens (including phenoxy) is 1. The van der Waals surface area contributed by atoms with Gasteiger partial charge in [0.2, 0.25) is 15.9 Å². The summed E-state index contributed by atoms with van der Waals surface area (Å²) in [6.07, 6.45) is 1.69. The molecule has 0 bridgehead atoms. The Labute approximate surface area is 204 Å². The first-order valence-electron chi connectivity index (χ1n) is 11.0. The quantitative estimate of drug-likeness (QED) is 0.636. The highest BCUT2D eigenvalue weighted by Crippen LogP contribution is 2.28. The fourth-order valence-corrected chi connectivity index (χ4v) is 6.14. The van der Waals surface area contributed by atoms with Crippen LogP contribution in [0.4, 0.5) is 5.69 Å². The second-order valence-electron chi connectivity index (χ2n) is 8.30. The number of halogens is 2. The molecule has 0 aromatic heterocycles. The van der Waals surface area contributed by atoms with Gasteiger partial charge in [0.05, 0.1) is 24.0 Å². The van der Waals surface area contributed by atoms with E-state index in [1.807, 2.05) is 18.2 Å². The Morgan fingerprint density at radius 1 is 1.03 bits per heavy atom. The molecule has 4 rings (SSSR count). The molecular formula is C23H27Cl2N3O4S. The first-order valence-corrected chi connectivity index (χ1v) is 13.2. The summed E-state index contributed by atoms with van der Waals surface area (Å²) in [5.41, 5.74) is 1.45. The lowest BCUT2D eigenvalue weighted by atomic mass is 9.96. The number of carbonyl (C=O) groups is 1. The summed E-state index contributed by atoms with van der Waals surface area (Å²) in [4.78, 5) is 15.3. The smallest absolute Gasteiger partial charge is 0.243 e. The molecule has 2 aliphatic rings. The lowest BCUT2D eigenvalue weighted by Gasteiger charge is -2.32. The molecular weight excluding hydrogens is 485 g/mol. The van der Waals surface area contributed by atoms with Crippen LogP contribution in [0.1, 0.15) is 18.4 Å². The van der Waals surface area contributed by atoms with E-state index in [1.54, 1.807) is 12.1 Å². The van der Waals surface area contributed by atoms with Crippen LogP contribution in [0.5, 0.6) is 0 Å². The normalized spacial score (nSPS) is 20.5. The number of anilines is 1. The predicted octanol–water partition coefficient (Wildman–Crippen LogP) is 3.87. The Morgan fingerprint density at radius 3 is 2.36 bits per heavy atom. The Kier molecular flexibility index (Phi) is 7.94. The zero-order valence-corrected chi connectivity index (χ0v) is 20.5. The maximum atomic E-state index is 12.9. The van der Waals surface area contributed by atoms with Crippen LogP contribution in [0, 0.1) is 5.92 Å². The molecule has 0 aliphatic carbocycles. The minimum absolute atomic E-state index is 0.0752. The van der Waals surface area contributed by atoms with Crippen molar-refractivity contribution in [1.29, 1.82) is 0 Å². The fourth-order valence-electron chi connectivity index (χ4n) is 4.21. The zero-order chi connectivity index (χ0) is 23.4. The van der Waals surface area contributed by atoms with Gasteiger partial charge >= 0.3 is 0 Å². The van der Waals surface area contributed by atoms with Gasteiger partial charge in [-0.1, -0.05) is 29.3 Å². The Bertz CT molecular complexity index is 1070. The number of sulfonamides is 1. The van der Waals surface area contributed by atoms with E-state index in [-0.39, 0.29) is 16.7 Å². The highest BCUT2D eigenvalue weighted by molar-refractivity contribution is 7.89. The molecule has 1 atom stereocenters. The van der Waals surface area contributed by atoms with E-state index >= 15 is 0 Å². The molecule has 2 fully saturated rings. The zero-order valence-electron chi connectivity index (χ0n) is 18.2. The number of likely N-dealkylation sites (tertiary alicyclic amines) is 1. The summed E-state index contributed by atoms with van der Waals surface area (Å²) in [6.45, 7) is 3.56. The van der Waals surface area contributed by atoms with Crippen molar-refractivity contribution in [3.63, 3.8) is 0 Å². The number of nitrogens with one attached hydrogen (secondary N) is 1. The molecule has 2 aliphatic heterocycles. The van der Waals surface area contributed by atoms with Crippen molar-refractivity contribution >= 4 is 44.8 Å². The monoisotopic (exact) mass is 511 g/mol. The molecule has 1 N–H and O–H groups in total. The number of rotatable bonds is 6. The van der Waals surface area contributed by atoms with Gasteiger partial charge in [-0.05, 0) is 55.8 Å². The summed E-state index contributed by atoms with van der Waals surface area (Å²) in [5, 5.41) is 4.18. The lowest BCUT2D eigenvalue weighted by Crippen LogP contribution is -2.40. The van der Waals surface area contributed by atoms with Crippen LogP contribution in [0.15, 0.2) is 47.4 Å². The highest BCUT2D eigenvalue weighted by Gasteiger charge is 2.28. The fraction of sp³-hybridized carbons (Fsp3) is 0.435. The van der Waals surface area contributed by atoms with Crippen molar-refractivity contribution < 1.29 is 17.9 Å². The average Bonchev–Trinajstić information content (AvgIpc) is 2.83. The summed E-state index contributed by atoms with van der Waals surface area (Å²) < 4.78 is 32.2. The SMILES string of the molecule is O=C(Nc1ccc(S(=O)(=O)N2CCOCC2)cc1)C1CCCN(Cc2c(Cl)cccc2Cl)C1.